The third-order valence-electron chi connectivity index (χ3n) is 3.58. The summed E-state index contributed by atoms with van der Waals surface area (Å²) in [5.74, 6) is 0. The molecule has 3 heteroatoms. The maximum Gasteiger partial charge on any atom is 0.0724 e. The maximum atomic E-state index is 6.16. The second-order valence-electron chi connectivity index (χ2n) is 4.74. The zero-order valence-corrected chi connectivity index (χ0v) is 10.4. The standard InChI is InChI=1S/C14H22N2O/c1-17-14-9-5-8-13(14)16-10-12(15)11-6-3-2-4-7-11/h2-4,6-7,12-14,16H,5,8-10,15H2,1H3. The van der Waals surface area contributed by atoms with Gasteiger partial charge in [-0.1, -0.05) is 30.3 Å². The van der Waals surface area contributed by atoms with Gasteiger partial charge in [0, 0.05) is 25.7 Å². The second-order valence-corrected chi connectivity index (χ2v) is 4.74. The van der Waals surface area contributed by atoms with Gasteiger partial charge in [0.25, 0.3) is 0 Å². The van der Waals surface area contributed by atoms with E-state index in [0.717, 1.165) is 13.0 Å². The average Bonchev–Trinajstić information content (AvgIpc) is 2.84. The number of hydrogen-bond acceptors (Lipinski definition) is 3. The van der Waals surface area contributed by atoms with Crippen LogP contribution in [-0.2, 0) is 4.74 Å². The summed E-state index contributed by atoms with van der Waals surface area (Å²) < 4.78 is 5.46. The Hall–Kier alpha value is -0.900. The van der Waals surface area contributed by atoms with Crippen molar-refractivity contribution >= 4 is 0 Å². The van der Waals surface area contributed by atoms with E-state index in [2.05, 4.69) is 17.4 Å². The molecular weight excluding hydrogens is 212 g/mol. The van der Waals surface area contributed by atoms with E-state index in [4.69, 9.17) is 10.5 Å². The molecule has 17 heavy (non-hydrogen) atoms. The molecule has 1 aliphatic rings. The van der Waals surface area contributed by atoms with E-state index in [0.29, 0.717) is 12.1 Å². The van der Waals surface area contributed by atoms with E-state index < -0.39 is 0 Å². The Morgan fingerprint density at radius 3 is 2.82 bits per heavy atom. The van der Waals surface area contributed by atoms with Crippen LogP contribution in [0, 0.1) is 0 Å². The molecule has 0 saturated heterocycles. The van der Waals surface area contributed by atoms with E-state index in [-0.39, 0.29) is 6.04 Å². The number of nitrogens with two attached hydrogens (primary N) is 1. The molecule has 1 aromatic rings. The molecule has 0 aromatic heterocycles. The van der Waals surface area contributed by atoms with Crippen LogP contribution < -0.4 is 11.1 Å². The van der Waals surface area contributed by atoms with Crippen molar-refractivity contribution in [2.45, 2.75) is 37.5 Å². The number of nitrogens with one attached hydrogen (secondary N) is 1. The normalized spacial score (nSPS) is 26.0. The molecule has 2 rings (SSSR count). The van der Waals surface area contributed by atoms with Crippen LogP contribution in [0.15, 0.2) is 30.3 Å². The van der Waals surface area contributed by atoms with Crippen LogP contribution in [0.1, 0.15) is 30.9 Å². The van der Waals surface area contributed by atoms with Gasteiger partial charge in [-0.3, -0.25) is 0 Å². The van der Waals surface area contributed by atoms with Crippen LogP contribution in [0.25, 0.3) is 0 Å². The van der Waals surface area contributed by atoms with Gasteiger partial charge in [0.2, 0.25) is 0 Å². The lowest BCUT2D eigenvalue weighted by Crippen LogP contribution is -2.40. The van der Waals surface area contributed by atoms with E-state index in [1.807, 2.05) is 18.2 Å². The quantitative estimate of drug-likeness (QED) is 0.817. The molecule has 3 atom stereocenters. The Kier molecular flexibility index (Phi) is 4.54. The molecule has 0 amide bonds. The Morgan fingerprint density at radius 2 is 2.12 bits per heavy atom. The van der Waals surface area contributed by atoms with Crippen LogP contribution in [0.2, 0.25) is 0 Å². The summed E-state index contributed by atoms with van der Waals surface area (Å²) in [6, 6.07) is 10.8. The zero-order chi connectivity index (χ0) is 12.1. The molecule has 0 spiro atoms. The smallest absolute Gasteiger partial charge is 0.0724 e. The van der Waals surface area contributed by atoms with Gasteiger partial charge in [0.15, 0.2) is 0 Å². The predicted molar refractivity (Wildman–Crippen MR) is 69.8 cm³/mol. The lowest BCUT2D eigenvalue weighted by molar-refractivity contribution is 0.0848. The fourth-order valence-electron chi connectivity index (χ4n) is 2.54. The monoisotopic (exact) mass is 234 g/mol. The highest BCUT2D eigenvalue weighted by molar-refractivity contribution is 5.18. The van der Waals surface area contributed by atoms with Crippen molar-refractivity contribution in [1.82, 2.24) is 5.32 Å². The van der Waals surface area contributed by atoms with Gasteiger partial charge in [0.1, 0.15) is 0 Å². The van der Waals surface area contributed by atoms with Crippen LogP contribution in [0.3, 0.4) is 0 Å². The second kappa shape index (κ2) is 6.15. The zero-order valence-electron chi connectivity index (χ0n) is 10.4. The fourth-order valence-corrected chi connectivity index (χ4v) is 2.54. The molecule has 0 aliphatic heterocycles. The minimum absolute atomic E-state index is 0.0642. The minimum atomic E-state index is 0.0642. The first-order chi connectivity index (χ1) is 8.31. The number of benzene rings is 1. The Morgan fingerprint density at radius 1 is 1.35 bits per heavy atom. The summed E-state index contributed by atoms with van der Waals surface area (Å²) in [5, 5.41) is 3.53. The van der Waals surface area contributed by atoms with Crippen LogP contribution >= 0.6 is 0 Å². The summed E-state index contributed by atoms with van der Waals surface area (Å²) in [5.41, 5.74) is 7.34. The summed E-state index contributed by atoms with van der Waals surface area (Å²) in [6.45, 7) is 0.814. The van der Waals surface area contributed by atoms with E-state index >= 15 is 0 Å². The third kappa shape index (κ3) is 3.28. The fraction of sp³-hybridized carbons (Fsp3) is 0.571. The number of ether oxygens (including phenoxy) is 1. The van der Waals surface area contributed by atoms with Crippen LogP contribution in [0.4, 0.5) is 0 Å². The van der Waals surface area contributed by atoms with Gasteiger partial charge >= 0.3 is 0 Å². The number of rotatable bonds is 5. The molecule has 3 N–H and O–H groups in total. The summed E-state index contributed by atoms with van der Waals surface area (Å²) >= 11 is 0. The first-order valence-corrected chi connectivity index (χ1v) is 6.38. The SMILES string of the molecule is COC1CCCC1NCC(N)c1ccccc1. The van der Waals surface area contributed by atoms with Gasteiger partial charge < -0.3 is 15.8 Å². The van der Waals surface area contributed by atoms with Gasteiger partial charge in [-0.05, 0) is 24.8 Å². The molecule has 0 heterocycles. The van der Waals surface area contributed by atoms with Gasteiger partial charge in [-0.2, -0.15) is 0 Å². The highest BCUT2D eigenvalue weighted by Crippen LogP contribution is 2.21. The molecule has 1 aromatic carbocycles. The van der Waals surface area contributed by atoms with Crippen LogP contribution in [-0.4, -0.2) is 25.8 Å². The van der Waals surface area contributed by atoms with Gasteiger partial charge in [-0.25, -0.2) is 0 Å². The van der Waals surface area contributed by atoms with Crippen molar-refractivity contribution in [2.24, 2.45) is 5.73 Å². The summed E-state index contributed by atoms with van der Waals surface area (Å²) in [4.78, 5) is 0. The van der Waals surface area contributed by atoms with Gasteiger partial charge in [0.05, 0.1) is 6.10 Å². The Labute approximate surface area is 103 Å². The van der Waals surface area contributed by atoms with Crippen molar-refractivity contribution in [3.8, 4) is 0 Å². The molecule has 3 nitrogen and oxygen atoms in total. The molecule has 0 radical (unpaired) electrons. The molecule has 1 aliphatic carbocycles. The largest absolute Gasteiger partial charge is 0.380 e. The van der Waals surface area contributed by atoms with E-state index in [1.54, 1.807) is 7.11 Å². The first-order valence-electron chi connectivity index (χ1n) is 6.38. The van der Waals surface area contributed by atoms with Gasteiger partial charge in [-0.15, -0.1) is 0 Å². The highest BCUT2D eigenvalue weighted by Gasteiger charge is 2.26. The molecule has 1 fully saturated rings. The van der Waals surface area contributed by atoms with Crippen molar-refractivity contribution in [1.29, 1.82) is 0 Å². The highest BCUT2D eigenvalue weighted by atomic mass is 16.5. The third-order valence-corrected chi connectivity index (χ3v) is 3.58. The molecule has 0 bridgehead atoms. The predicted octanol–water partition coefficient (Wildman–Crippen LogP) is 1.84. The van der Waals surface area contributed by atoms with Crippen LogP contribution in [0.5, 0.6) is 0 Å². The Bertz CT molecular complexity index is 328. The molecular formula is C14H22N2O. The van der Waals surface area contributed by atoms with E-state index in [9.17, 15) is 0 Å². The lowest BCUT2D eigenvalue weighted by atomic mass is 10.1. The summed E-state index contributed by atoms with van der Waals surface area (Å²) in [6.07, 6.45) is 3.96. The molecule has 94 valence electrons. The maximum absolute atomic E-state index is 6.16. The van der Waals surface area contributed by atoms with E-state index in [1.165, 1.54) is 18.4 Å². The van der Waals surface area contributed by atoms with Crippen molar-refractivity contribution in [2.75, 3.05) is 13.7 Å². The van der Waals surface area contributed by atoms with Crippen molar-refractivity contribution < 1.29 is 4.74 Å². The Balaban J connectivity index is 1.82. The van der Waals surface area contributed by atoms with Crippen molar-refractivity contribution in [3.05, 3.63) is 35.9 Å². The first kappa shape index (κ1) is 12.6. The number of hydrogen-bond donors (Lipinski definition) is 2. The van der Waals surface area contributed by atoms with Crippen molar-refractivity contribution in [3.63, 3.8) is 0 Å². The topological polar surface area (TPSA) is 47.3 Å². The number of methoxy groups -OCH3 is 1. The molecule has 1 saturated carbocycles. The molecule has 3 unspecified atom stereocenters. The average molecular weight is 234 g/mol. The summed E-state index contributed by atoms with van der Waals surface area (Å²) in [7, 11) is 1.79. The minimum Gasteiger partial charge on any atom is -0.380 e. The lowest BCUT2D eigenvalue weighted by Gasteiger charge is -2.22.